The quantitative estimate of drug-likeness (QED) is 0.750. The van der Waals surface area contributed by atoms with E-state index in [9.17, 15) is 9.90 Å². The van der Waals surface area contributed by atoms with Gasteiger partial charge in [-0.2, -0.15) is 0 Å². The van der Waals surface area contributed by atoms with Crippen LogP contribution in [0.2, 0.25) is 0 Å². The molecule has 0 aliphatic rings. The average Bonchev–Trinajstić information content (AvgIpc) is 2.28. The number of benzene rings is 1. The van der Waals surface area contributed by atoms with Crippen LogP contribution in [0.3, 0.4) is 0 Å². The van der Waals surface area contributed by atoms with Crippen molar-refractivity contribution in [2.45, 2.75) is 45.4 Å². The molecule has 0 saturated heterocycles. The van der Waals surface area contributed by atoms with Crippen molar-refractivity contribution in [2.75, 3.05) is 0 Å². The molecule has 1 rings (SSSR count). The van der Waals surface area contributed by atoms with Crippen molar-refractivity contribution >= 4 is 6.03 Å². The van der Waals surface area contributed by atoms with Gasteiger partial charge in [0.1, 0.15) is 0 Å². The molecule has 100 valence electrons. The van der Waals surface area contributed by atoms with Crippen molar-refractivity contribution in [3.05, 3.63) is 35.9 Å². The molecule has 1 aromatic rings. The van der Waals surface area contributed by atoms with E-state index in [0.717, 1.165) is 5.56 Å². The number of aliphatic hydroxyl groups excluding tert-OH is 1. The van der Waals surface area contributed by atoms with Crippen molar-refractivity contribution in [2.24, 2.45) is 0 Å². The van der Waals surface area contributed by atoms with E-state index >= 15 is 0 Å². The Morgan fingerprint density at radius 2 is 1.78 bits per heavy atom. The van der Waals surface area contributed by atoms with E-state index in [1.165, 1.54) is 0 Å². The summed E-state index contributed by atoms with van der Waals surface area (Å²) < 4.78 is 0. The third kappa shape index (κ3) is 5.19. The van der Waals surface area contributed by atoms with Crippen molar-refractivity contribution in [3.8, 4) is 0 Å². The molecule has 4 heteroatoms. The fraction of sp³-hybridized carbons (Fsp3) is 0.500. The Hall–Kier alpha value is -1.55. The first-order chi connectivity index (χ1) is 8.49. The van der Waals surface area contributed by atoms with Gasteiger partial charge in [-0.3, -0.25) is 0 Å². The molecule has 0 aliphatic heterocycles. The molecule has 0 saturated carbocycles. The van der Waals surface area contributed by atoms with E-state index in [-0.39, 0.29) is 18.1 Å². The molecule has 2 atom stereocenters. The minimum Gasteiger partial charge on any atom is -0.388 e. The van der Waals surface area contributed by atoms with Crippen LogP contribution < -0.4 is 10.6 Å². The summed E-state index contributed by atoms with van der Waals surface area (Å²) in [4.78, 5) is 11.5. The van der Waals surface area contributed by atoms with Crippen LogP contribution in [0.15, 0.2) is 30.3 Å². The minimum absolute atomic E-state index is 0.0843. The van der Waals surface area contributed by atoms with Crippen molar-refractivity contribution in [3.63, 3.8) is 0 Å². The lowest BCUT2D eigenvalue weighted by Gasteiger charge is -2.19. The molecule has 2 amide bonds. The maximum Gasteiger partial charge on any atom is 0.315 e. The Balaban J connectivity index is 2.40. The van der Waals surface area contributed by atoms with Crippen LogP contribution in [0.1, 0.15) is 38.9 Å². The molecule has 18 heavy (non-hydrogen) atoms. The van der Waals surface area contributed by atoms with Gasteiger partial charge in [0.2, 0.25) is 0 Å². The SMILES string of the molecule is CC(C)NC(=O)NC(C)CC(O)c1ccccc1. The summed E-state index contributed by atoms with van der Waals surface area (Å²) in [6.07, 6.45) is -0.0595. The monoisotopic (exact) mass is 250 g/mol. The Kier molecular flexibility index (Phi) is 5.65. The Morgan fingerprint density at radius 3 is 2.33 bits per heavy atom. The van der Waals surface area contributed by atoms with Gasteiger partial charge in [0.05, 0.1) is 6.10 Å². The number of hydrogen-bond acceptors (Lipinski definition) is 2. The van der Waals surface area contributed by atoms with Gasteiger partial charge in [-0.25, -0.2) is 4.79 Å². The molecule has 0 fully saturated rings. The smallest absolute Gasteiger partial charge is 0.315 e. The summed E-state index contributed by atoms with van der Waals surface area (Å²) in [5.41, 5.74) is 0.871. The number of carbonyl (C=O) groups excluding carboxylic acids is 1. The van der Waals surface area contributed by atoms with Crippen LogP contribution >= 0.6 is 0 Å². The Bertz CT molecular complexity index is 365. The second-order valence-electron chi connectivity index (χ2n) is 4.84. The van der Waals surface area contributed by atoms with Gasteiger partial charge in [0.25, 0.3) is 0 Å². The lowest BCUT2D eigenvalue weighted by molar-refractivity contribution is 0.154. The molecule has 0 spiro atoms. The van der Waals surface area contributed by atoms with Crippen LogP contribution in [0, 0.1) is 0 Å². The molecule has 0 aromatic heterocycles. The van der Waals surface area contributed by atoms with Gasteiger partial charge in [-0.05, 0) is 32.8 Å². The van der Waals surface area contributed by atoms with E-state index in [2.05, 4.69) is 10.6 Å². The van der Waals surface area contributed by atoms with Gasteiger partial charge in [-0.15, -0.1) is 0 Å². The van der Waals surface area contributed by atoms with Crippen molar-refractivity contribution in [1.82, 2.24) is 10.6 Å². The molecular weight excluding hydrogens is 228 g/mol. The lowest BCUT2D eigenvalue weighted by atomic mass is 10.0. The first-order valence-electron chi connectivity index (χ1n) is 6.29. The predicted molar refractivity (Wildman–Crippen MR) is 72.3 cm³/mol. The highest BCUT2D eigenvalue weighted by Crippen LogP contribution is 2.17. The summed E-state index contributed by atoms with van der Waals surface area (Å²) >= 11 is 0. The second kappa shape index (κ2) is 7.01. The van der Waals surface area contributed by atoms with Crippen LogP contribution in [0.4, 0.5) is 4.79 Å². The standard InChI is InChI=1S/C14H22N2O2/c1-10(2)15-14(18)16-11(3)9-13(17)12-7-5-4-6-8-12/h4-8,10-11,13,17H,9H2,1-3H3,(H2,15,16,18). The number of amides is 2. The van der Waals surface area contributed by atoms with E-state index < -0.39 is 6.10 Å². The number of carbonyl (C=O) groups is 1. The number of hydrogen-bond donors (Lipinski definition) is 3. The summed E-state index contributed by atoms with van der Waals surface area (Å²) in [6.45, 7) is 5.69. The average molecular weight is 250 g/mol. The zero-order chi connectivity index (χ0) is 13.5. The van der Waals surface area contributed by atoms with Gasteiger partial charge < -0.3 is 15.7 Å². The zero-order valence-electron chi connectivity index (χ0n) is 11.2. The number of aliphatic hydroxyl groups is 1. The van der Waals surface area contributed by atoms with Crippen LogP contribution in [0.5, 0.6) is 0 Å². The maximum absolute atomic E-state index is 11.5. The second-order valence-corrected chi connectivity index (χ2v) is 4.84. The third-order valence-electron chi connectivity index (χ3n) is 2.56. The highest BCUT2D eigenvalue weighted by molar-refractivity contribution is 5.74. The van der Waals surface area contributed by atoms with E-state index in [1.807, 2.05) is 51.1 Å². The largest absolute Gasteiger partial charge is 0.388 e. The normalized spacial score (nSPS) is 14.1. The minimum atomic E-state index is -0.555. The Morgan fingerprint density at radius 1 is 1.17 bits per heavy atom. The molecular formula is C14H22N2O2. The van der Waals surface area contributed by atoms with Gasteiger partial charge in [-0.1, -0.05) is 30.3 Å². The molecule has 3 N–H and O–H groups in total. The first kappa shape index (κ1) is 14.5. The topological polar surface area (TPSA) is 61.4 Å². The Labute approximate surface area is 108 Å². The lowest BCUT2D eigenvalue weighted by Crippen LogP contribution is -2.44. The first-order valence-corrected chi connectivity index (χ1v) is 6.29. The highest BCUT2D eigenvalue weighted by Gasteiger charge is 2.14. The predicted octanol–water partition coefficient (Wildman–Crippen LogP) is 2.21. The fourth-order valence-corrected chi connectivity index (χ4v) is 1.73. The van der Waals surface area contributed by atoms with Gasteiger partial charge >= 0.3 is 6.03 Å². The van der Waals surface area contributed by atoms with E-state index in [4.69, 9.17) is 0 Å². The molecule has 0 aliphatic carbocycles. The zero-order valence-corrected chi connectivity index (χ0v) is 11.2. The van der Waals surface area contributed by atoms with Crippen molar-refractivity contribution in [1.29, 1.82) is 0 Å². The molecule has 4 nitrogen and oxygen atoms in total. The third-order valence-corrected chi connectivity index (χ3v) is 2.56. The summed E-state index contributed by atoms with van der Waals surface area (Å²) in [6, 6.07) is 9.28. The summed E-state index contributed by atoms with van der Waals surface area (Å²) in [5, 5.41) is 15.6. The fourth-order valence-electron chi connectivity index (χ4n) is 1.73. The van der Waals surface area contributed by atoms with E-state index in [1.54, 1.807) is 0 Å². The molecule has 2 unspecified atom stereocenters. The molecule has 0 heterocycles. The maximum atomic E-state index is 11.5. The molecule has 1 aromatic carbocycles. The highest BCUT2D eigenvalue weighted by atomic mass is 16.3. The molecule has 0 bridgehead atoms. The number of rotatable bonds is 5. The number of urea groups is 1. The van der Waals surface area contributed by atoms with E-state index in [0.29, 0.717) is 6.42 Å². The van der Waals surface area contributed by atoms with Crippen LogP contribution in [-0.4, -0.2) is 23.2 Å². The van der Waals surface area contributed by atoms with Gasteiger partial charge in [0.15, 0.2) is 0 Å². The van der Waals surface area contributed by atoms with Crippen molar-refractivity contribution < 1.29 is 9.90 Å². The summed E-state index contributed by atoms with van der Waals surface area (Å²) in [5.74, 6) is 0. The van der Waals surface area contributed by atoms with Gasteiger partial charge in [0, 0.05) is 12.1 Å². The van der Waals surface area contributed by atoms with Crippen LogP contribution in [0.25, 0.3) is 0 Å². The summed E-state index contributed by atoms with van der Waals surface area (Å²) in [7, 11) is 0. The molecule has 0 radical (unpaired) electrons. The number of nitrogens with one attached hydrogen (secondary N) is 2. The van der Waals surface area contributed by atoms with Crippen LogP contribution in [-0.2, 0) is 0 Å².